The van der Waals surface area contributed by atoms with Crippen molar-refractivity contribution >= 4 is 5.84 Å². The highest BCUT2D eigenvalue weighted by molar-refractivity contribution is 5.79. The Balaban J connectivity index is 2.69. The minimum absolute atomic E-state index is 0.399. The summed E-state index contributed by atoms with van der Waals surface area (Å²) in [4.78, 5) is 4.42. The number of nitrogens with zero attached hydrogens (tertiary/aromatic N) is 2. The minimum Gasteiger partial charge on any atom is -0.299 e. The van der Waals surface area contributed by atoms with Gasteiger partial charge in [-0.15, -0.1) is 0 Å². The molecule has 0 amide bonds. The topological polar surface area (TPSA) is 27.6 Å². The number of amidine groups is 1. The third-order valence-corrected chi connectivity index (χ3v) is 2.00. The van der Waals surface area contributed by atoms with Gasteiger partial charge in [0.1, 0.15) is 5.84 Å². The van der Waals surface area contributed by atoms with Crippen LogP contribution in [0.4, 0.5) is 0 Å². The Bertz CT molecular complexity index is 153. The van der Waals surface area contributed by atoms with Crippen molar-refractivity contribution in [3.8, 4) is 0 Å². The number of hydrogen-bond donors (Lipinski definition) is 1. The third kappa shape index (κ3) is 1.29. The number of rotatable bonds is 0. The lowest BCUT2D eigenvalue weighted by molar-refractivity contribution is 0.267. The molecule has 0 fully saturated rings. The Hall–Kier alpha value is -0.570. The van der Waals surface area contributed by atoms with Crippen molar-refractivity contribution in [3.05, 3.63) is 0 Å². The molecule has 3 heteroatoms. The fraction of sp³-hybridized carbons (Fsp3) is 0.857. The normalized spacial score (nSPS) is 34.0. The molecule has 0 bridgehead atoms. The highest BCUT2D eigenvalue weighted by Crippen LogP contribution is 2.04. The van der Waals surface area contributed by atoms with E-state index in [4.69, 9.17) is 0 Å². The first kappa shape index (κ1) is 7.54. The molecule has 1 heterocycles. The molecule has 10 heavy (non-hydrogen) atoms. The van der Waals surface area contributed by atoms with Gasteiger partial charge in [-0.1, -0.05) is 0 Å². The third-order valence-electron chi connectivity index (χ3n) is 2.00. The SMILES string of the molecule is CC1=NC(C)[C@@H](C)NN1C. The number of aliphatic imine (C=N–C) groups is 1. The minimum atomic E-state index is 0.399. The first-order chi connectivity index (χ1) is 4.61. The maximum atomic E-state index is 4.42. The van der Waals surface area contributed by atoms with E-state index in [1.54, 1.807) is 0 Å². The molecule has 0 spiro atoms. The summed E-state index contributed by atoms with van der Waals surface area (Å²) in [6, 6.07) is 0.852. The van der Waals surface area contributed by atoms with Crippen LogP contribution in [0.5, 0.6) is 0 Å². The molecule has 1 unspecified atom stereocenters. The fourth-order valence-electron chi connectivity index (χ4n) is 1.000. The van der Waals surface area contributed by atoms with Gasteiger partial charge in [0.2, 0.25) is 0 Å². The first-order valence-electron chi connectivity index (χ1n) is 3.65. The Morgan fingerprint density at radius 3 is 2.60 bits per heavy atom. The summed E-state index contributed by atoms with van der Waals surface area (Å²) in [5.74, 6) is 1.06. The van der Waals surface area contributed by atoms with E-state index in [1.165, 1.54) is 0 Å². The summed E-state index contributed by atoms with van der Waals surface area (Å²) < 4.78 is 0. The van der Waals surface area contributed by atoms with Crippen molar-refractivity contribution in [1.29, 1.82) is 0 Å². The van der Waals surface area contributed by atoms with Crippen LogP contribution in [0.2, 0.25) is 0 Å². The summed E-state index contributed by atoms with van der Waals surface area (Å²) in [5, 5.41) is 1.96. The van der Waals surface area contributed by atoms with Gasteiger partial charge in [-0.05, 0) is 20.8 Å². The average molecular weight is 141 g/mol. The first-order valence-corrected chi connectivity index (χ1v) is 3.65. The molecule has 1 aliphatic rings. The molecule has 58 valence electrons. The zero-order valence-electron chi connectivity index (χ0n) is 7.05. The quantitative estimate of drug-likeness (QED) is 0.536. The second-order valence-corrected chi connectivity index (χ2v) is 2.89. The van der Waals surface area contributed by atoms with Gasteiger partial charge < -0.3 is 0 Å². The average Bonchev–Trinajstić information content (AvgIpc) is 1.84. The molecule has 0 aromatic rings. The van der Waals surface area contributed by atoms with Crippen molar-refractivity contribution in [2.75, 3.05) is 7.05 Å². The van der Waals surface area contributed by atoms with E-state index >= 15 is 0 Å². The summed E-state index contributed by atoms with van der Waals surface area (Å²) in [6.07, 6.45) is 0. The van der Waals surface area contributed by atoms with Crippen molar-refractivity contribution in [1.82, 2.24) is 10.4 Å². The van der Waals surface area contributed by atoms with Gasteiger partial charge in [-0.3, -0.25) is 10.0 Å². The van der Waals surface area contributed by atoms with Gasteiger partial charge >= 0.3 is 0 Å². The number of hydrogen-bond acceptors (Lipinski definition) is 3. The van der Waals surface area contributed by atoms with Crippen LogP contribution in [0.15, 0.2) is 4.99 Å². The molecular formula is C7H15N3. The molecule has 0 radical (unpaired) electrons. The van der Waals surface area contributed by atoms with Crippen LogP contribution in [0.3, 0.4) is 0 Å². The van der Waals surface area contributed by atoms with Crippen LogP contribution in [-0.4, -0.2) is 30.0 Å². The van der Waals surface area contributed by atoms with Gasteiger partial charge in [-0.25, -0.2) is 5.43 Å². The Kier molecular flexibility index (Phi) is 1.94. The van der Waals surface area contributed by atoms with Gasteiger partial charge in [0.05, 0.1) is 6.04 Å². The Labute approximate surface area is 62.1 Å². The van der Waals surface area contributed by atoms with Gasteiger partial charge in [0.15, 0.2) is 0 Å². The predicted octanol–water partition coefficient (Wildman–Crippen LogP) is 0.632. The molecule has 3 nitrogen and oxygen atoms in total. The molecule has 0 aromatic heterocycles. The van der Waals surface area contributed by atoms with Gasteiger partial charge in [0, 0.05) is 13.1 Å². The maximum absolute atomic E-state index is 4.42. The smallest absolute Gasteiger partial charge is 0.110 e. The molecule has 2 atom stereocenters. The number of hydrazine groups is 1. The standard InChI is InChI=1S/C7H15N3/c1-5-6(2)9-10(4)7(3)8-5/h5-6,9H,1-4H3/t5?,6-/m1/s1. The summed E-state index contributed by atoms with van der Waals surface area (Å²) >= 11 is 0. The maximum Gasteiger partial charge on any atom is 0.110 e. The van der Waals surface area contributed by atoms with E-state index in [0.717, 1.165) is 5.84 Å². The highest BCUT2D eigenvalue weighted by Gasteiger charge is 2.18. The van der Waals surface area contributed by atoms with E-state index < -0.39 is 0 Å². The Morgan fingerprint density at radius 1 is 1.50 bits per heavy atom. The highest BCUT2D eigenvalue weighted by atomic mass is 15.5. The number of nitrogens with one attached hydrogen (secondary N) is 1. The lowest BCUT2D eigenvalue weighted by atomic mass is 10.2. The largest absolute Gasteiger partial charge is 0.299 e. The monoisotopic (exact) mass is 141 g/mol. The van der Waals surface area contributed by atoms with E-state index in [9.17, 15) is 0 Å². The van der Waals surface area contributed by atoms with Crippen LogP contribution in [0, 0.1) is 0 Å². The van der Waals surface area contributed by atoms with E-state index in [-0.39, 0.29) is 0 Å². The zero-order chi connectivity index (χ0) is 7.72. The van der Waals surface area contributed by atoms with Gasteiger partial charge in [-0.2, -0.15) is 0 Å². The molecule has 1 N–H and O–H groups in total. The lowest BCUT2D eigenvalue weighted by Gasteiger charge is -2.32. The second-order valence-electron chi connectivity index (χ2n) is 2.89. The van der Waals surface area contributed by atoms with Crippen LogP contribution >= 0.6 is 0 Å². The Morgan fingerprint density at radius 2 is 2.10 bits per heavy atom. The zero-order valence-corrected chi connectivity index (χ0v) is 7.05. The molecule has 0 aliphatic carbocycles. The second kappa shape index (κ2) is 2.58. The van der Waals surface area contributed by atoms with Crippen LogP contribution in [0.25, 0.3) is 0 Å². The van der Waals surface area contributed by atoms with Crippen molar-refractivity contribution in [2.24, 2.45) is 4.99 Å². The predicted molar refractivity (Wildman–Crippen MR) is 42.9 cm³/mol. The molecule has 1 aliphatic heterocycles. The summed E-state index contributed by atoms with van der Waals surface area (Å²) in [7, 11) is 1.99. The molecular weight excluding hydrogens is 126 g/mol. The van der Waals surface area contributed by atoms with Crippen LogP contribution < -0.4 is 5.43 Å². The molecule has 1 rings (SSSR count). The molecule has 0 aromatic carbocycles. The van der Waals surface area contributed by atoms with Crippen LogP contribution in [0.1, 0.15) is 20.8 Å². The van der Waals surface area contributed by atoms with Crippen molar-refractivity contribution in [2.45, 2.75) is 32.9 Å². The lowest BCUT2D eigenvalue weighted by Crippen LogP contribution is -2.51. The van der Waals surface area contributed by atoms with Crippen molar-refractivity contribution in [3.63, 3.8) is 0 Å². The summed E-state index contributed by atoms with van der Waals surface area (Å²) in [5.41, 5.74) is 3.28. The van der Waals surface area contributed by atoms with E-state index in [0.29, 0.717) is 12.1 Å². The fourth-order valence-corrected chi connectivity index (χ4v) is 1.000. The van der Waals surface area contributed by atoms with E-state index in [2.05, 4.69) is 24.3 Å². The van der Waals surface area contributed by atoms with Crippen LogP contribution in [-0.2, 0) is 0 Å². The summed E-state index contributed by atoms with van der Waals surface area (Å²) in [6.45, 7) is 6.26. The molecule has 0 saturated heterocycles. The van der Waals surface area contributed by atoms with Crippen molar-refractivity contribution < 1.29 is 0 Å². The van der Waals surface area contributed by atoms with Gasteiger partial charge in [0.25, 0.3) is 0 Å². The van der Waals surface area contributed by atoms with E-state index in [1.807, 2.05) is 19.0 Å². The molecule has 0 saturated carbocycles.